The Morgan fingerprint density at radius 1 is 1.43 bits per heavy atom. The molecule has 0 aromatic heterocycles. The maximum Gasteiger partial charge on any atom is 0.239 e. The molecule has 1 fully saturated rings. The second-order valence-electron chi connectivity index (χ2n) is 5.12. The summed E-state index contributed by atoms with van der Waals surface area (Å²) in [6, 6.07) is 7.50. The first-order valence-electron chi connectivity index (χ1n) is 6.99. The van der Waals surface area contributed by atoms with Gasteiger partial charge in [-0.25, -0.2) is 0 Å². The molecule has 1 aromatic rings. The minimum atomic E-state index is -0.146. The van der Waals surface area contributed by atoms with E-state index < -0.39 is 0 Å². The molecule has 1 aliphatic rings. The molecule has 2 unspecified atom stereocenters. The molecular formula is C15H21BrN2O3. The van der Waals surface area contributed by atoms with Gasteiger partial charge in [0.25, 0.3) is 0 Å². The van der Waals surface area contributed by atoms with Crippen molar-refractivity contribution in [2.24, 2.45) is 0 Å². The number of hydrogen-bond acceptors (Lipinski definition) is 4. The average Bonchev–Trinajstić information content (AvgIpc) is 2.97. The molecule has 1 aromatic carbocycles. The molecule has 5 nitrogen and oxygen atoms in total. The summed E-state index contributed by atoms with van der Waals surface area (Å²) in [5, 5.41) is 3.19. The van der Waals surface area contributed by atoms with Crippen LogP contribution in [0.3, 0.4) is 0 Å². The van der Waals surface area contributed by atoms with Gasteiger partial charge in [-0.3, -0.25) is 4.79 Å². The van der Waals surface area contributed by atoms with Crippen LogP contribution in [0, 0.1) is 0 Å². The lowest BCUT2D eigenvalue weighted by Crippen LogP contribution is -2.43. The van der Waals surface area contributed by atoms with Crippen LogP contribution in [0.4, 0.5) is 0 Å². The third-order valence-electron chi connectivity index (χ3n) is 3.61. The van der Waals surface area contributed by atoms with E-state index in [1.807, 2.05) is 24.3 Å². The topological polar surface area (TPSA) is 50.8 Å². The number of hydrogen-bond donors (Lipinski definition) is 1. The van der Waals surface area contributed by atoms with Crippen LogP contribution in [0.15, 0.2) is 28.7 Å². The van der Waals surface area contributed by atoms with E-state index in [9.17, 15) is 4.79 Å². The van der Waals surface area contributed by atoms with Crippen molar-refractivity contribution >= 4 is 21.8 Å². The molecule has 0 bridgehead atoms. The van der Waals surface area contributed by atoms with E-state index in [2.05, 4.69) is 21.2 Å². The summed E-state index contributed by atoms with van der Waals surface area (Å²) in [4.78, 5) is 13.9. The summed E-state index contributed by atoms with van der Waals surface area (Å²) in [6.07, 6.45) is 0.860. The fourth-order valence-corrected chi connectivity index (χ4v) is 2.54. The number of nitrogens with one attached hydrogen (secondary N) is 1. The monoisotopic (exact) mass is 356 g/mol. The number of methoxy groups -OCH3 is 1. The van der Waals surface area contributed by atoms with E-state index >= 15 is 0 Å². The number of benzene rings is 1. The minimum Gasteiger partial charge on any atom is -0.492 e. The van der Waals surface area contributed by atoms with Gasteiger partial charge in [0.15, 0.2) is 0 Å². The molecule has 1 saturated heterocycles. The van der Waals surface area contributed by atoms with Crippen molar-refractivity contribution in [2.75, 3.05) is 33.9 Å². The van der Waals surface area contributed by atoms with Crippen LogP contribution < -0.4 is 10.1 Å². The summed E-state index contributed by atoms with van der Waals surface area (Å²) >= 11 is 3.38. The van der Waals surface area contributed by atoms with Crippen molar-refractivity contribution in [1.29, 1.82) is 0 Å². The van der Waals surface area contributed by atoms with Gasteiger partial charge in [0, 0.05) is 25.2 Å². The first-order chi connectivity index (χ1) is 10.1. The summed E-state index contributed by atoms with van der Waals surface area (Å²) < 4.78 is 11.9. The van der Waals surface area contributed by atoms with E-state index in [0.29, 0.717) is 13.2 Å². The maximum atomic E-state index is 12.2. The quantitative estimate of drug-likeness (QED) is 0.842. The fourth-order valence-electron chi connectivity index (χ4n) is 2.28. The van der Waals surface area contributed by atoms with E-state index in [4.69, 9.17) is 9.47 Å². The highest BCUT2D eigenvalue weighted by Crippen LogP contribution is 2.16. The van der Waals surface area contributed by atoms with E-state index in [0.717, 1.165) is 23.2 Å². The van der Waals surface area contributed by atoms with Crippen molar-refractivity contribution in [3.63, 3.8) is 0 Å². The Kier molecular flexibility index (Phi) is 6.02. The lowest BCUT2D eigenvalue weighted by molar-refractivity contribution is -0.132. The fraction of sp³-hybridized carbons (Fsp3) is 0.533. The summed E-state index contributed by atoms with van der Waals surface area (Å²) in [7, 11) is 3.48. The van der Waals surface area contributed by atoms with Gasteiger partial charge in [-0.05, 0) is 30.7 Å². The molecule has 1 aliphatic heterocycles. The van der Waals surface area contributed by atoms with Gasteiger partial charge in [-0.2, -0.15) is 0 Å². The normalized spacial score (nSPS) is 21.3. The summed E-state index contributed by atoms with van der Waals surface area (Å²) in [5.74, 6) is 0.895. The van der Waals surface area contributed by atoms with Gasteiger partial charge >= 0.3 is 0 Å². The van der Waals surface area contributed by atoms with E-state index in [1.54, 1.807) is 19.1 Å². The Morgan fingerprint density at radius 3 is 2.76 bits per heavy atom. The van der Waals surface area contributed by atoms with Gasteiger partial charge < -0.3 is 19.7 Å². The van der Waals surface area contributed by atoms with Crippen molar-refractivity contribution < 1.29 is 14.3 Å². The summed E-state index contributed by atoms with van der Waals surface area (Å²) in [6.45, 7) is 1.77. The third-order valence-corrected chi connectivity index (χ3v) is 4.14. The van der Waals surface area contributed by atoms with Crippen LogP contribution in [0.1, 0.15) is 6.42 Å². The van der Waals surface area contributed by atoms with Crippen molar-refractivity contribution in [1.82, 2.24) is 10.2 Å². The minimum absolute atomic E-state index is 0.0916. The zero-order valence-electron chi connectivity index (χ0n) is 12.3. The SMILES string of the molecule is COC1CNC(C(=O)N(C)CCOc2ccc(Br)cc2)C1. The number of rotatable bonds is 6. The van der Waals surface area contributed by atoms with Crippen LogP contribution >= 0.6 is 15.9 Å². The zero-order chi connectivity index (χ0) is 15.2. The Morgan fingerprint density at radius 2 is 2.14 bits per heavy atom. The summed E-state index contributed by atoms with van der Waals surface area (Å²) in [5.41, 5.74) is 0. The highest BCUT2D eigenvalue weighted by molar-refractivity contribution is 9.10. The first kappa shape index (κ1) is 16.3. The number of halogens is 1. The predicted octanol–water partition coefficient (Wildman–Crippen LogP) is 1.66. The molecule has 0 aliphatic carbocycles. The maximum absolute atomic E-state index is 12.2. The number of carbonyl (C=O) groups excluding carboxylic acids is 1. The standard InChI is InChI=1S/C15H21BrN2O3/c1-18(15(19)14-9-13(20-2)10-17-14)7-8-21-12-5-3-11(16)4-6-12/h3-6,13-14,17H,7-10H2,1-2H3. The van der Waals surface area contributed by atoms with Gasteiger partial charge in [0.05, 0.1) is 18.7 Å². The number of amides is 1. The molecule has 1 heterocycles. The first-order valence-corrected chi connectivity index (χ1v) is 7.79. The Balaban J connectivity index is 1.72. The number of ether oxygens (including phenoxy) is 2. The van der Waals surface area contributed by atoms with Gasteiger partial charge in [0.2, 0.25) is 5.91 Å². The molecule has 21 heavy (non-hydrogen) atoms. The van der Waals surface area contributed by atoms with E-state index in [-0.39, 0.29) is 18.1 Å². The van der Waals surface area contributed by atoms with Gasteiger partial charge in [0.1, 0.15) is 12.4 Å². The Bertz CT molecular complexity index is 466. The Labute approximate surface area is 133 Å². The van der Waals surface area contributed by atoms with Crippen molar-refractivity contribution in [2.45, 2.75) is 18.6 Å². The molecule has 0 saturated carbocycles. The van der Waals surface area contributed by atoms with Crippen molar-refractivity contribution in [3.8, 4) is 5.75 Å². The molecule has 6 heteroatoms. The largest absolute Gasteiger partial charge is 0.492 e. The number of carbonyl (C=O) groups is 1. The third kappa shape index (κ3) is 4.69. The van der Waals surface area contributed by atoms with Gasteiger partial charge in [-0.15, -0.1) is 0 Å². The van der Waals surface area contributed by atoms with Crippen LogP contribution in [0.2, 0.25) is 0 Å². The molecule has 1 N–H and O–H groups in total. The molecular weight excluding hydrogens is 336 g/mol. The zero-order valence-corrected chi connectivity index (χ0v) is 13.9. The second kappa shape index (κ2) is 7.77. The van der Waals surface area contributed by atoms with Crippen LogP contribution in [-0.4, -0.2) is 56.8 Å². The highest BCUT2D eigenvalue weighted by Gasteiger charge is 2.30. The molecule has 0 radical (unpaired) electrons. The van der Waals surface area contributed by atoms with Crippen LogP contribution in [0.25, 0.3) is 0 Å². The molecule has 1 amide bonds. The smallest absolute Gasteiger partial charge is 0.239 e. The number of nitrogens with zero attached hydrogens (tertiary/aromatic N) is 1. The van der Waals surface area contributed by atoms with Crippen LogP contribution in [-0.2, 0) is 9.53 Å². The molecule has 116 valence electrons. The lowest BCUT2D eigenvalue weighted by Gasteiger charge is -2.21. The van der Waals surface area contributed by atoms with Crippen LogP contribution in [0.5, 0.6) is 5.75 Å². The lowest BCUT2D eigenvalue weighted by atomic mass is 10.2. The van der Waals surface area contributed by atoms with E-state index in [1.165, 1.54) is 0 Å². The average molecular weight is 357 g/mol. The van der Waals surface area contributed by atoms with Gasteiger partial charge in [-0.1, -0.05) is 15.9 Å². The Hall–Kier alpha value is -1.11. The predicted molar refractivity (Wildman–Crippen MR) is 84.5 cm³/mol. The second-order valence-corrected chi connectivity index (χ2v) is 6.03. The molecule has 2 atom stereocenters. The molecule has 0 spiro atoms. The van der Waals surface area contributed by atoms with Crippen molar-refractivity contribution in [3.05, 3.63) is 28.7 Å². The molecule has 2 rings (SSSR count). The number of likely N-dealkylation sites (N-methyl/N-ethyl adjacent to an activating group) is 1. The highest BCUT2D eigenvalue weighted by atomic mass is 79.9.